The van der Waals surface area contributed by atoms with E-state index >= 15 is 0 Å². The van der Waals surface area contributed by atoms with Gasteiger partial charge in [-0.2, -0.15) is 0 Å². The Hall–Kier alpha value is 0.0400. The second-order valence-corrected chi connectivity index (χ2v) is 10.7. The smallest absolute Gasteiger partial charge is 0.229 e. The largest absolute Gasteiger partial charge is 0.242 e. The summed E-state index contributed by atoms with van der Waals surface area (Å²) in [4.78, 5) is 0.0809. The maximum absolute atomic E-state index is 12.4. The van der Waals surface area contributed by atoms with Crippen LogP contribution in [0.15, 0.2) is 32.0 Å². The highest BCUT2D eigenvalue weighted by molar-refractivity contribution is 9.11. The van der Waals surface area contributed by atoms with Crippen LogP contribution in [0.2, 0.25) is 0 Å². The molecule has 1 atom stereocenters. The van der Waals surface area contributed by atoms with Gasteiger partial charge in [0, 0.05) is 14.5 Å². The Kier molecular flexibility index (Phi) is 4.39. The van der Waals surface area contributed by atoms with Crippen LogP contribution in [0.1, 0.15) is 13.3 Å². The molecular formula is C11H13Br2NO4S2. The fraction of sp³-hybridized carbons (Fsp3) is 0.455. The van der Waals surface area contributed by atoms with Gasteiger partial charge in [0.05, 0.1) is 16.4 Å². The van der Waals surface area contributed by atoms with Crippen LogP contribution in [0.5, 0.6) is 0 Å². The predicted molar refractivity (Wildman–Crippen MR) is 83.8 cm³/mol. The van der Waals surface area contributed by atoms with Crippen molar-refractivity contribution in [3.63, 3.8) is 0 Å². The minimum absolute atomic E-state index is 0.00563. The van der Waals surface area contributed by atoms with Crippen molar-refractivity contribution in [2.45, 2.75) is 23.8 Å². The van der Waals surface area contributed by atoms with Crippen molar-refractivity contribution in [3.8, 4) is 0 Å². The summed E-state index contributed by atoms with van der Waals surface area (Å²) in [6.07, 6.45) is 0.278. The van der Waals surface area contributed by atoms with Crippen LogP contribution in [0, 0.1) is 0 Å². The number of benzene rings is 1. The quantitative estimate of drug-likeness (QED) is 0.770. The Morgan fingerprint density at radius 1 is 1.30 bits per heavy atom. The van der Waals surface area contributed by atoms with Crippen molar-refractivity contribution in [2.75, 3.05) is 11.5 Å². The molecular weight excluding hydrogens is 434 g/mol. The molecule has 0 aliphatic carbocycles. The van der Waals surface area contributed by atoms with E-state index in [1.165, 1.54) is 6.07 Å². The molecule has 112 valence electrons. The summed E-state index contributed by atoms with van der Waals surface area (Å²) in [5, 5.41) is 0. The summed E-state index contributed by atoms with van der Waals surface area (Å²) >= 11 is 6.42. The molecule has 9 heteroatoms. The Morgan fingerprint density at radius 2 is 1.95 bits per heavy atom. The van der Waals surface area contributed by atoms with Crippen LogP contribution >= 0.6 is 31.9 Å². The lowest BCUT2D eigenvalue weighted by Crippen LogP contribution is -2.46. The van der Waals surface area contributed by atoms with Crippen LogP contribution in [0.25, 0.3) is 0 Å². The number of sulfonamides is 1. The molecule has 5 nitrogen and oxygen atoms in total. The normalized spacial score (nSPS) is 25.8. The molecule has 2 rings (SSSR count). The van der Waals surface area contributed by atoms with Crippen LogP contribution in [0.3, 0.4) is 0 Å². The molecule has 1 saturated heterocycles. The summed E-state index contributed by atoms with van der Waals surface area (Å²) in [5.41, 5.74) is -0.959. The van der Waals surface area contributed by atoms with Gasteiger partial charge in [-0.15, -0.1) is 0 Å². The summed E-state index contributed by atoms with van der Waals surface area (Å²) in [7, 11) is -6.97. The van der Waals surface area contributed by atoms with Crippen LogP contribution in [-0.2, 0) is 19.9 Å². The zero-order valence-corrected chi connectivity index (χ0v) is 15.4. The topological polar surface area (TPSA) is 80.3 Å². The van der Waals surface area contributed by atoms with Gasteiger partial charge in [0.1, 0.15) is 0 Å². The van der Waals surface area contributed by atoms with E-state index in [0.717, 1.165) is 0 Å². The van der Waals surface area contributed by atoms with Crippen LogP contribution in [0.4, 0.5) is 0 Å². The number of rotatable bonds is 3. The van der Waals surface area contributed by atoms with Crippen molar-refractivity contribution in [1.29, 1.82) is 0 Å². The second kappa shape index (κ2) is 5.35. The lowest BCUT2D eigenvalue weighted by molar-refractivity contribution is 0.461. The number of halogens is 2. The second-order valence-electron chi connectivity index (χ2n) is 5.08. The Bertz CT molecular complexity index is 746. The molecule has 0 amide bonds. The average Bonchev–Trinajstić information content (AvgIpc) is 2.55. The molecule has 0 spiro atoms. The van der Waals surface area contributed by atoms with E-state index in [1.807, 2.05) is 0 Å². The predicted octanol–water partition coefficient (Wildman–Crippen LogP) is 2.07. The maximum Gasteiger partial charge on any atom is 0.242 e. The van der Waals surface area contributed by atoms with Crippen LogP contribution in [-0.4, -0.2) is 33.9 Å². The van der Waals surface area contributed by atoms with Gasteiger partial charge < -0.3 is 0 Å². The molecule has 1 aromatic rings. The van der Waals surface area contributed by atoms with E-state index < -0.39 is 25.4 Å². The molecule has 1 fully saturated rings. The number of nitrogens with one attached hydrogen (secondary N) is 1. The Balaban J connectivity index is 2.35. The monoisotopic (exact) mass is 445 g/mol. The van der Waals surface area contributed by atoms with Crippen LogP contribution < -0.4 is 4.72 Å². The van der Waals surface area contributed by atoms with Crippen molar-refractivity contribution < 1.29 is 16.8 Å². The molecule has 0 aromatic heterocycles. The Labute approximate surface area is 135 Å². The van der Waals surface area contributed by atoms with Crippen molar-refractivity contribution in [1.82, 2.24) is 4.72 Å². The van der Waals surface area contributed by atoms with Gasteiger partial charge in [-0.25, -0.2) is 21.6 Å². The molecule has 0 radical (unpaired) electrons. The van der Waals surface area contributed by atoms with Gasteiger partial charge in [0.15, 0.2) is 9.84 Å². The van der Waals surface area contributed by atoms with E-state index in [-0.39, 0.29) is 22.8 Å². The first-order valence-corrected chi connectivity index (χ1v) is 10.6. The molecule has 20 heavy (non-hydrogen) atoms. The van der Waals surface area contributed by atoms with E-state index in [2.05, 4.69) is 36.6 Å². The number of hydrogen-bond donors (Lipinski definition) is 1. The molecule has 0 saturated carbocycles. The third kappa shape index (κ3) is 3.62. The molecule has 1 N–H and O–H groups in total. The van der Waals surface area contributed by atoms with E-state index in [4.69, 9.17) is 0 Å². The highest BCUT2D eigenvalue weighted by Crippen LogP contribution is 2.29. The molecule has 0 bridgehead atoms. The van der Waals surface area contributed by atoms with Gasteiger partial charge in [0.25, 0.3) is 0 Å². The molecule has 1 aliphatic heterocycles. The van der Waals surface area contributed by atoms with E-state index in [1.54, 1.807) is 19.1 Å². The third-order valence-corrected chi connectivity index (χ3v) is 8.10. The van der Waals surface area contributed by atoms with Gasteiger partial charge >= 0.3 is 0 Å². The van der Waals surface area contributed by atoms with Crippen molar-refractivity contribution >= 4 is 51.7 Å². The minimum Gasteiger partial charge on any atom is -0.229 e. The van der Waals surface area contributed by atoms with E-state index in [0.29, 0.717) is 8.95 Å². The fourth-order valence-corrected chi connectivity index (χ4v) is 7.28. The third-order valence-electron chi connectivity index (χ3n) is 3.07. The lowest BCUT2D eigenvalue weighted by atomic mass is 10.0. The fourth-order valence-electron chi connectivity index (χ4n) is 2.15. The summed E-state index contributed by atoms with van der Waals surface area (Å²) in [6, 6.07) is 4.80. The SMILES string of the molecule is C[C@@]1(NS(=O)(=O)c2cc(Br)ccc2Br)CCS(=O)(=O)C1. The lowest BCUT2D eigenvalue weighted by Gasteiger charge is -2.24. The van der Waals surface area contributed by atoms with E-state index in [9.17, 15) is 16.8 Å². The first-order valence-electron chi connectivity index (χ1n) is 5.73. The summed E-state index contributed by atoms with van der Waals surface area (Å²) in [5.74, 6) is -0.170. The van der Waals surface area contributed by atoms with Gasteiger partial charge in [-0.1, -0.05) is 15.9 Å². The number of sulfone groups is 1. The summed E-state index contributed by atoms with van der Waals surface area (Å²) < 4.78 is 51.5. The van der Waals surface area contributed by atoms with Gasteiger partial charge in [0.2, 0.25) is 10.0 Å². The highest BCUT2D eigenvalue weighted by Gasteiger charge is 2.41. The van der Waals surface area contributed by atoms with Gasteiger partial charge in [-0.05, 0) is 47.5 Å². The first-order chi connectivity index (χ1) is 9.03. The average molecular weight is 447 g/mol. The highest BCUT2D eigenvalue weighted by atomic mass is 79.9. The Morgan fingerprint density at radius 3 is 2.50 bits per heavy atom. The molecule has 1 aromatic carbocycles. The zero-order valence-electron chi connectivity index (χ0n) is 10.6. The molecule has 0 unspecified atom stereocenters. The maximum atomic E-state index is 12.4. The van der Waals surface area contributed by atoms with Gasteiger partial charge in [-0.3, -0.25) is 0 Å². The zero-order chi connectivity index (χ0) is 15.2. The minimum atomic E-state index is -3.80. The van der Waals surface area contributed by atoms with Crippen molar-refractivity contribution in [3.05, 3.63) is 27.1 Å². The summed E-state index contributed by atoms with van der Waals surface area (Å²) in [6.45, 7) is 1.61. The standard InChI is InChI=1S/C11H13Br2NO4S2/c1-11(4-5-19(15,16)7-11)14-20(17,18)10-6-8(12)2-3-9(10)13/h2-3,6,14H,4-5,7H2,1H3/t11-/m1/s1. The van der Waals surface area contributed by atoms with Crippen molar-refractivity contribution in [2.24, 2.45) is 0 Å². The molecule has 1 heterocycles. The molecule has 1 aliphatic rings. The first kappa shape index (κ1) is 16.4. The number of hydrogen-bond acceptors (Lipinski definition) is 4.